The minimum atomic E-state index is -0.0255. The van der Waals surface area contributed by atoms with Gasteiger partial charge in [-0.15, -0.1) is 0 Å². The van der Waals surface area contributed by atoms with Gasteiger partial charge in [-0.2, -0.15) is 0 Å². The standard InChI is InChI=1S/C24H25ClN2O3/c1-29-20-11-12-21(23(14-20)30-2)24(28)27(18-9-10-18)16-19-7-5-13-26(19)15-17-6-3-4-8-22(17)25/h3-8,11-14,18H,9-10,15-16H2,1-2H3. The molecule has 0 spiro atoms. The molecule has 1 aromatic heterocycles. The van der Waals surface area contributed by atoms with E-state index in [0.29, 0.717) is 30.2 Å². The zero-order valence-corrected chi connectivity index (χ0v) is 17.9. The van der Waals surface area contributed by atoms with E-state index in [1.165, 1.54) is 0 Å². The molecule has 1 fully saturated rings. The van der Waals surface area contributed by atoms with Crippen LogP contribution in [0.3, 0.4) is 0 Å². The van der Waals surface area contributed by atoms with Crippen molar-refractivity contribution in [1.29, 1.82) is 0 Å². The summed E-state index contributed by atoms with van der Waals surface area (Å²) in [5.74, 6) is 1.16. The molecule has 3 aromatic rings. The van der Waals surface area contributed by atoms with Gasteiger partial charge in [-0.1, -0.05) is 29.8 Å². The second-order valence-corrected chi connectivity index (χ2v) is 7.86. The third kappa shape index (κ3) is 4.31. The number of rotatable bonds is 8. The molecule has 30 heavy (non-hydrogen) atoms. The molecule has 0 saturated heterocycles. The maximum absolute atomic E-state index is 13.4. The third-order valence-corrected chi connectivity index (χ3v) is 5.81. The van der Waals surface area contributed by atoms with Gasteiger partial charge < -0.3 is 18.9 Å². The van der Waals surface area contributed by atoms with Gasteiger partial charge in [0, 0.05) is 35.6 Å². The largest absolute Gasteiger partial charge is 0.497 e. The van der Waals surface area contributed by atoms with E-state index in [-0.39, 0.29) is 11.9 Å². The van der Waals surface area contributed by atoms with E-state index in [4.69, 9.17) is 21.1 Å². The minimum absolute atomic E-state index is 0.0255. The molecule has 1 aliphatic carbocycles. The molecule has 0 radical (unpaired) electrons. The summed E-state index contributed by atoms with van der Waals surface area (Å²) in [7, 11) is 3.17. The normalized spacial score (nSPS) is 13.2. The lowest BCUT2D eigenvalue weighted by molar-refractivity contribution is 0.0722. The number of carbonyl (C=O) groups excluding carboxylic acids is 1. The molecule has 0 atom stereocenters. The average molecular weight is 425 g/mol. The van der Waals surface area contributed by atoms with Crippen LogP contribution < -0.4 is 9.47 Å². The smallest absolute Gasteiger partial charge is 0.258 e. The molecule has 0 N–H and O–H groups in total. The molecule has 0 unspecified atom stereocenters. The molecule has 1 amide bonds. The summed E-state index contributed by atoms with van der Waals surface area (Å²) >= 11 is 6.35. The van der Waals surface area contributed by atoms with Crippen LogP contribution in [0.25, 0.3) is 0 Å². The molecule has 5 nitrogen and oxygen atoms in total. The van der Waals surface area contributed by atoms with Crippen molar-refractivity contribution < 1.29 is 14.3 Å². The van der Waals surface area contributed by atoms with Crippen molar-refractivity contribution in [2.45, 2.75) is 32.0 Å². The first-order valence-electron chi connectivity index (χ1n) is 10.0. The van der Waals surface area contributed by atoms with Gasteiger partial charge in [0.2, 0.25) is 0 Å². The van der Waals surface area contributed by atoms with Crippen LogP contribution in [0.5, 0.6) is 11.5 Å². The van der Waals surface area contributed by atoms with E-state index in [2.05, 4.69) is 10.6 Å². The Kier molecular flexibility index (Phi) is 6.00. The van der Waals surface area contributed by atoms with Crippen LogP contribution in [0.15, 0.2) is 60.8 Å². The number of nitrogens with zero attached hydrogens (tertiary/aromatic N) is 2. The highest BCUT2D eigenvalue weighted by atomic mass is 35.5. The fourth-order valence-corrected chi connectivity index (χ4v) is 3.81. The first-order chi connectivity index (χ1) is 14.6. The lowest BCUT2D eigenvalue weighted by Gasteiger charge is -2.24. The van der Waals surface area contributed by atoms with Gasteiger partial charge in [0.1, 0.15) is 11.5 Å². The molecule has 1 saturated carbocycles. The number of aromatic nitrogens is 1. The number of hydrogen-bond acceptors (Lipinski definition) is 3. The van der Waals surface area contributed by atoms with Gasteiger partial charge >= 0.3 is 0 Å². The second-order valence-electron chi connectivity index (χ2n) is 7.45. The molecule has 4 rings (SSSR count). The first kappa shape index (κ1) is 20.4. The van der Waals surface area contributed by atoms with Crippen molar-refractivity contribution in [2.24, 2.45) is 0 Å². The Morgan fingerprint density at radius 2 is 1.90 bits per heavy atom. The zero-order chi connectivity index (χ0) is 21.1. The highest BCUT2D eigenvalue weighted by molar-refractivity contribution is 6.31. The summed E-state index contributed by atoms with van der Waals surface area (Å²) in [4.78, 5) is 15.4. The van der Waals surface area contributed by atoms with Crippen LogP contribution in [0.4, 0.5) is 0 Å². The minimum Gasteiger partial charge on any atom is -0.497 e. The number of amides is 1. The van der Waals surface area contributed by atoms with Crippen LogP contribution in [-0.2, 0) is 13.1 Å². The molecular formula is C24H25ClN2O3. The molecule has 156 valence electrons. The molecule has 0 bridgehead atoms. The average Bonchev–Trinajstić information content (AvgIpc) is 3.52. The van der Waals surface area contributed by atoms with Gasteiger partial charge in [-0.05, 0) is 48.7 Å². The maximum Gasteiger partial charge on any atom is 0.258 e. The highest BCUT2D eigenvalue weighted by Gasteiger charge is 2.34. The first-order valence-corrected chi connectivity index (χ1v) is 10.4. The van der Waals surface area contributed by atoms with Gasteiger partial charge in [-0.3, -0.25) is 4.79 Å². The van der Waals surface area contributed by atoms with Crippen LogP contribution in [0.2, 0.25) is 5.02 Å². The number of methoxy groups -OCH3 is 2. The van der Waals surface area contributed by atoms with Crippen LogP contribution in [0, 0.1) is 0 Å². The fourth-order valence-electron chi connectivity index (χ4n) is 3.61. The Labute approximate surface area is 181 Å². The van der Waals surface area contributed by atoms with E-state index in [1.807, 2.05) is 41.4 Å². The number of ether oxygens (including phenoxy) is 2. The molecule has 2 aromatic carbocycles. The maximum atomic E-state index is 13.4. The Bertz CT molecular complexity index is 1040. The lowest BCUT2D eigenvalue weighted by atomic mass is 10.1. The highest BCUT2D eigenvalue weighted by Crippen LogP contribution is 2.33. The number of carbonyl (C=O) groups is 1. The van der Waals surface area contributed by atoms with Crippen molar-refractivity contribution in [3.05, 3.63) is 82.6 Å². The van der Waals surface area contributed by atoms with E-state index in [9.17, 15) is 4.79 Å². The summed E-state index contributed by atoms with van der Waals surface area (Å²) in [6.07, 6.45) is 4.08. The van der Waals surface area contributed by atoms with Crippen molar-refractivity contribution >= 4 is 17.5 Å². The quantitative estimate of drug-likeness (QED) is 0.510. The van der Waals surface area contributed by atoms with Crippen molar-refractivity contribution in [2.75, 3.05) is 14.2 Å². The fraction of sp³-hybridized carbons (Fsp3) is 0.292. The number of hydrogen-bond donors (Lipinski definition) is 0. The summed E-state index contributed by atoms with van der Waals surface area (Å²) < 4.78 is 12.9. The van der Waals surface area contributed by atoms with E-state index in [1.54, 1.807) is 32.4 Å². The van der Waals surface area contributed by atoms with Crippen LogP contribution in [0.1, 0.15) is 34.5 Å². The third-order valence-electron chi connectivity index (χ3n) is 5.44. The van der Waals surface area contributed by atoms with Crippen molar-refractivity contribution in [3.8, 4) is 11.5 Å². The Morgan fingerprint density at radius 1 is 1.10 bits per heavy atom. The summed E-state index contributed by atoms with van der Waals surface area (Å²) in [5, 5.41) is 0.746. The van der Waals surface area contributed by atoms with Gasteiger partial charge in [0.05, 0.1) is 26.3 Å². The molecular weight excluding hydrogens is 400 g/mol. The predicted octanol–water partition coefficient (Wildman–Crippen LogP) is 5.01. The number of benzene rings is 2. The summed E-state index contributed by atoms with van der Waals surface area (Å²) in [6.45, 7) is 1.21. The van der Waals surface area contributed by atoms with E-state index in [0.717, 1.165) is 29.1 Å². The Morgan fingerprint density at radius 3 is 2.60 bits per heavy atom. The number of halogens is 1. The van der Waals surface area contributed by atoms with Gasteiger partial charge in [0.15, 0.2) is 0 Å². The SMILES string of the molecule is COc1ccc(C(=O)N(Cc2cccn2Cc2ccccc2Cl)C2CC2)c(OC)c1. The van der Waals surface area contributed by atoms with E-state index < -0.39 is 0 Å². The zero-order valence-electron chi connectivity index (χ0n) is 17.2. The second kappa shape index (κ2) is 8.84. The van der Waals surface area contributed by atoms with Crippen molar-refractivity contribution in [1.82, 2.24) is 9.47 Å². The van der Waals surface area contributed by atoms with E-state index >= 15 is 0 Å². The Hall–Kier alpha value is -2.92. The molecule has 0 aliphatic heterocycles. The van der Waals surface area contributed by atoms with Crippen molar-refractivity contribution in [3.63, 3.8) is 0 Å². The van der Waals surface area contributed by atoms with Crippen LogP contribution >= 0.6 is 11.6 Å². The van der Waals surface area contributed by atoms with Crippen LogP contribution in [-0.4, -0.2) is 35.6 Å². The molecule has 1 heterocycles. The monoisotopic (exact) mass is 424 g/mol. The lowest BCUT2D eigenvalue weighted by Crippen LogP contribution is -2.33. The predicted molar refractivity (Wildman–Crippen MR) is 117 cm³/mol. The molecule has 1 aliphatic rings. The summed E-state index contributed by atoms with van der Waals surface area (Å²) in [6, 6.07) is 17.5. The topological polar surface area (TPSA) is 43.7 Å². The van der Waals surface area contributed by atoms with Gasteiger partial charge in [0.25, 0.3) is 5.91 Å². The van der Waals surface area contributed by atoms with Gasteiger partial charge in [-0.25, -0.2) is 0 Å². The molecule has 6 heteroatoms. The summed E-state index contributed by atoms with van der Waals surface area (Å²) in [5.41, 5.74) is 2.68. The Balaban J connectivity index is 1.58.